The van der Waals surface area contributed by atoms with Gasteiger partial charge in [-0.1, -0.05) is 0 Å². The molecule has 0 bridgehead atoms. The third-order valence-corrected chi connectivity index (χ3v) is 3.26. The summed E-state index contributed by atoms with van der Waals surface area (Å²) in [6.45, 7) is 1.10. The number of hydrogen-bond acceptors (Lipinski definition) is 4. The predicted octanol–water partition coefficient (Wildman–Crippen LogP) is 2.26. The Morgan fingerprint density at radius 2 is 2.16 bits per heavy atom. The van der Waals surface area contributed by atoms with E-state index < -0.39 is 12.1 Å². The lowest BCUT2D eigenvalue weighted by molar-refractivity contribution is -0.187. The summed E-state index contributed by atoms with van der Waals surface area (Å²) in [5.74, 6) is -0.831. The maximum absolute atomic E-state index is 12.7. The first-order valence-electron chi connectivity index (χ1n) is 6.14. The monoisotopic (exact) mass is 275 g/mol. The number of aromatic nitrogens is 2. The van der Waals surface area contributed by atoms with E-state index in [1.807, 2.05) is 0 Å². The molecular weight excluding hydrogens is 259 g/mol. The molecule has 19 heavy (non-hydrogen) atoms. The lowest BCUT2D eigenvalue weighted by atomic mass is 9.97. The highest BCUT2D eigenvalue weighted by Gasteiger charge is 2.41. The summed E-state index contributed by atoms with van der Waals surface area (Å²) in [7, 11) is 1.49. The van der Waals surface area contributed by atoms with Gasteiger partial charge in [-0.2, -0.15) is 18.3 Å². The maximum atomic E-state index is 12.7. The minimum atomic E-state index is -4.11. The number of piperidine rings is 1. The average molecular weight is 275 g/mol. The highest BCUT2D eigenvalue weighted by molar-refractivity contribution is 5.11. The van der Waals surface area contributed by atoms with Gasteiger partial charge in [0.15, 0.2) is 0 Å². The molecule has 1 aliphatic heterocycles. The standard InChI is InChI=1S/C12H16F3N3O/c1-19-11-5-4-10(16-17-11)8-18-6-2-3-9(7-18)12(13,14)15/h4-5,9H,2-3,6-8H2,1H3. The van der Waals surface area contributed by atoms with E-state index in [4.69, 9.17) is 4.74 Å². The van der Waals surface area contributed by atoms with E-state index in [9.17, 15) is 13.2 Å². The average Bonchev–Trinajstić information content (AvgIpc) is 2.39. The molecular formula is C12H16F3N3O. The van der Waals surface area contributed by atoms with Crippen molar-refractivity contribution in [3.8, 4) is 5.88 Å². The fourth-order valence-corrected chi connectivity index (χ4v) is 2.24. The van der Waals surface area contributed by atoms with Crippen molar-refractivity contribution in [3.63, 3.8) is 0 Å². The van der Waals surface area contributed by atoms with E-state index >= 15 is 0 Å². The van der Waals surface area contributed by atoms with Crippen molar-refractivity contribution < 1.29 is 17.9 Å². The minimum Gasteiger partial charge on any atom is -0.480 e. The lowest BCUT2D eigenvalue weighted by Gasteiger charge is -2.33. The number of methoxy groups -OCH3 is 1. The van der Waals surface area contributed by atoms with Crippen molar-refractivity contribution >= 4 is 0 Å². The van der Waals surface area contributed by atoms with Crippen LogP contribution in [0.2, 0.25) is 0 Å². The Hall–Kier alpha value is -1.37. The van der Waals surface area contributed by atoms with Gasteiger partial charge in [-0.25, -0.2) is 0 Å². The molecule has 0 aliphatic carbocycles. The van der Waals surface area contributed by atoms with Crippen LogP contribution in [0.5, 0.6) is 5.88 Å². The normalized spacial score (nSPS) is 21.4. The molecule has 106 valence electrons. The number of likely N-dealkylation sites (tertiary alicyclic amines) is 1. The Kier molecular flexibility index (Phi) is 4.24. The molecule has 1 atom stereocenters. The van der Waals surface area contributed by atoms with Crippen LogP contribution in [0.25, 0.3) is 0 Å². The fourth-order valence-electron chi connectivity index (χ4n) is 2.24. The molecule has 1 aromatic rings. The van der Waals surface area contributed by atoms with Gasteiger partial charge in [0.05, 0.1) is 18.7 Å². The topological polar surface area (TPSA) is 38.2 Å². The summed E-state index contributed by atoms with van der Waals surface area (Å²) in [5, 5.41) is 7.74. The van der Waals surface area contributed by atoms with Gasteiger partial charge in [-0.15, -0.1) is 5.10 Å². The van der Waals surface area contributed by atoms with Gasteiger partial charge in [0.1, 0.15) is 0 Å². The van der Waals surface area contributed by atoms with Crippen LogP contribution in [0.15, 0.2) is 12.1 Å². The molecule has 1 saturated heterocycles. The zero-order chi connectivity index (χ0) is 13.9. The Labute approximate surface area is 109 Å². The predicted molar refractivity (Wildman–Crippen MR) is 62.6 cm³/mol. The molecule has 0 saturated carbocycles. The smallest absolute Gasteiger partial charge is 0.393 e. The zero-order valence-electron chi connectivity index (χ0n) is 10.7. The number of nitrogens with zero attached hydrogens (tertiary/aromatic N) is 3. The van der Waals surface area contributed by atoms with E-state index in [0.717, 1.165) is 0 Å². The van der Waals surface area contributed by atoms with Crippen molar-refractivity contribution in [2.24, 2.45) is 5.92 Å². The quantitative estimate of drug-likeness (QED) is 0.848. The largest absolute Gasteiger partial charge is 0.480 e. The summed E-state index contributed by atoms with van der Waals surface area (Å²) in [5.41, 5.74) is 0.656. The minimum absolute atomic E-state index is 0.0389. The van der Waals surface area contributed by atoms with Crippen LogP contribution in [-0.4, -0.2) is 41.5 Å². The molecule has 4 nitrogen and oxygen atoms in total. The van der Waals surface area contributed by atoms with Gasteiger partial charge in [0.25, 0.3) is 0 Å². The number of halogens is 3. The van der Waals surface area contributed by atoms with Gasteiger partial charge in [0.2, 0.25) is 5.88 Å². The van der Waals surface area contributed by atoms with Crippen molar-refractivity contribution in [3.05, 3.63) is 17.8 Å². The molecule has 1 aromatic heterocycles. The van der Waals surface area contributed by atoms with Crippen LogP contribution < -0.4 is 4.74 Å². The third kappa shape index (κ3) is 3.79. The summed E-state index contributed by atoms with van der Waals surface area (Å²) in [6.07, 6.45) is -3.33. The van der Waals surface area contributed by atoms with Gasteiger partial charge in [0, 0.05) is 19.2 Å². The lowest BCUT2D eigenvalue weighted by Crippen LogP contribution is -2.41. The van der Waals surface area contributed by atoms with E-state index in [1.165, 1.54) is 7.11 Å². The summed E-state index contributed by atoms with van der Waals surface area (Å²) < 4.78 is 42.9. The number of alkyl halides is 3. The van der Waals surface area contributed by atoms with Crippen LogP contribution in [0.1, 0.15) is 18.5 Å². The van der Waals surface area contributed by atoms with E-state index in [-0.39, 0.29) is 13.0 Å². The Balaban J connectivity index is 1.94. The van der Waals surface area contributed by atoms with Crippen LogP contribution >= 0.6 is 0 Å². The van der Waals surface area contributed by atoms with E-state index in [0.29, 0.717) is 31.1 Å². The molecule has 0 aromatic carbocycles. The number of ether oxygens (including phenoxy) is 1. The highest BCUT2D eigenvalue weighted by atomic mass is 19.4. The molecule has 2 heterocycles. The molecule has 1 unspecified atom stereocenters. The molecule has 2 rings (SSSR count). The second kappa shape index (κ2) is 5.73. The van der Waals surface area contributed by atoms with Gasteiger partial charge in [-0.3, -0.25) is 4.90 Å². The van der Waals surface area contributed by atoms with Crippen LogP contribution in [0.3, 0.4) is 0 Å². The molecule has 0 N–H and O–H groups in total. The molecule has 7 heteroatoms. The number of hydrogen-bond donors (Lipinski definition) is 0. The van der Waals surface area contributed by atoms with Crippen LogP contribution in [0, 0.1) is 5.92 Å². The number of rotatable bonds is 3. The first kappa shape index (κ1) is 14.0. The Morgan fingerprint density at radius 3 is 2.74 bits per heavy atom. The summed E-state index contributed by atoms with van der Waals surface area (Å²) in [6, 6.07) is 3.39. The van der Waals surface area contributed by atoms with Gasteiger partial charge < -0.3 is 4.74 Å². The second-order valence-corrected chi connectivity index (χ2v) is 4.68. The second-order valence-electron chi connectivity index (χ2n) is 4.68. The van der Waals surface area contributed by atoms with Crippen molar-refractivity contribution in [1.29, 1.82) is 0 Å². The molecule has 1 aliphatic rings. The fraction of sp³-hybridized carbons (Fsp3) is 0.667. The summed E-state index contributed by atoms with van der Waals surface area (Å²) in [4.78, 5) is 1.78. The van der Waals surface area contributed by atoms with Crippen molar-refractivity contribution in [2.75, 3.05) is 20.2 Å². The van der Waals surface area contributed by atoms with Crippen molar-refractivity contribution in [1.82, 2.24) is 15.1 Å². The maximum Gasteiger partial charge on any atom is 0.393 e. The Bertz CT molecular complexity index is 408. The highest BCUT2D eigenvalue weighted by Crippen LogP contribution is 2.33. The van der Waals surface area contributed by atoms with E-state index in [2.05, 4.69) is 10.2 Å². The molecule has 0 amide bonds. The Morgan fingerprint density at radius 1 is 1.37 bits per heavy atom. The first-order valence-corrected chi connectivity index (χ1v) is 6.14. The molecule has 1 fully saturated rings. The van der Waals surface area contributed by atoms with Crippen LogP contribution in [0.4, 0.5) is 13.2 Å². The van der Waals surface area contributed by atoms with Crippen LogP contribution in [-0.2, 0) is 6.54 Å². The zero-order valence-corrected chi connectivity index (χ0v) is 10.7. The van der Waals surface area contributed by atoms with Gasteiger partial charge in [-0.05, 0) is 25.5 Å². The van der Waals surface area contributed by atoms with Gasteiger partial charge >= 0.3 is 6.18 Å². The molecule has 0 radical (unpaired) electrons. The first-order chi connectivity index (χ1) is 8.99. The third-order valence-electron chi connectivity index (χ3n) is 3.26. The molecule has 0 spiro atoms. The SMILES string of the molecule is COc1ccc(CN2CCCC(C(F)(F)F)C2)nn1. The van der Waals surface area contributed by atoms with Crippen molar-refractivity contribution in [2.45, 2.75) is 25.6 Å². The summed E-state index contributed by atoms with van der Waals surface area (Å²) >= 11 is 0. The van der Waals surface area contributed by atoms with E-state index in [1.54, 1.807) is 17.0 Å².